The molecule has 2 unspecified atom stereocenters. The van der Waals surface area contributed by atoms with E-state index in [4.69, 9.17) is 5.11 Å². The molecule has 0 heterocycles. The molecular weight excluding hydrogens is 162 g/mol. The molecule has 13 heavy (non-hydrogen) atoms. The second-order valence-electron chi connectivity index (χ2n) is 4.59. The Morgan fingerprint density at radius 2 is 1.85 bits per heavy atom. The number of unbranched alkanes of at least 4 members (excludes halogenated alkanes) is 1. The highest BCUT2D eigenvalue weighted by Gasteiger charge is 2.36. The van der Waals surface area contributed by atoms with Crippen molar-refractivity contribution >= 4 is 0 Å². The SMILES string of the molecule is CC1CC(C)C1N(C)CCCCO. The van der Waals surface area contributed by atoms with E-state index >= 15 is 0 Å². The fraction of sp³-hybridized carbons (Fsp3) is 1.00. The van der Waals surface area contributed by atoms with Gasteiger partial charge in [-0.2, -0.15) is 0 Å². The van der Waals surface area contributed by atoms with E-state index in [9.17, 15) is 0 Å². The van der Waals surface area contributed by atoms with E-state index in [-0.39, 0.29) is 0 Å². The van der Waals surface area contributed by atoms with Crippen molar-refractivity contribution in [2.45, 2.75) is 39.2 Å². The van der Waals surface area contributed by atoms with E-state index in [0.29, 0.717) is 6.61 Å². The maximum atomic E-state index is 8.67. The van der Waals surface area contributed by atoms with Crippen molar-refractivity contribution in [3.8, 4) is 0 Å². The topological polar surface area (TPSA) is 23.5 Å². The van der Waals surface area contributed by atoms with Crippen LogP contribution >= 0.6 is 0 Å². The maximum absolute atomic E-state index is 8.67. The summed E-state index contributed by atoms with van der Waals surface area (Å²) in [4.78, 5) is 2.47. The number of hydrogen-bond donors (Lipinski definition) is 1. The molecule has 1 aliphatic carbocycles. The Morgan fingerprint density at radius 1 is 1.23 bits per heavy atom. The van der Waals surface area contributed by atoms with Crippen LogP contribution in [0.4, 0.5) is 0 Å². The minimum atomic E-state index is 0.337. The summed E-state index contributed by atoms with van der Waals surface area (Å²) in [6, 6.07) is 0.790. The fourth-order valence-corrected chi connectivity index (χ4v) is 2.72. The first kappa shape index (κ1) is 11.0. The quantitative estimate of drug-likeness (QED) is 0.659. The molecule has 0 saturated heterocycles. The number of aliphatic hydroxyl groups excluding tert-OH is 1. The zero-order valence-electron chi connectivity index (χ0n) is 9.16. The molecule has 2 heteroatoms. The zero-order chi connectivity index (χ0) is 9.84. The zero-order valence-corrected chi connectivity index (χ0v) is 9.16. The standard InChI is InChI=1S/C11H23NO/c1-9-8-10(2)11(9)12(3)6-4-5-7-13/h9-11,13H,4-8H2,1-3H3. The molecule has 1 fully saturated rings. The number of rotatable bonds is 5. The van der Waals surface area contributed by atoms with E-state index in [1.807, 2.05) is 0 Å². The van der Waals surface area contributed by atoms with Crippen LogP contribution in [0.15, 0.2) is 0 Å². The third-order valence-electron chi connectivity index (χ3n) is 3.34. The molecule has 0 amide bonds. The summed E-state index contributed by atoms with van der Waals surface area (Å²) < 4.78 is 0. The van der Waals surface area contributed by atoms with E-state index in [1.54, 1.807) is 0 Å². The Morgan fingerprint density at radius 3 is 2.31 bits per heavy atom. The molecule has 1 aliphatic rings. The van der Waals surface area contributed by atoms with Crippen LogP contribution < -0.4 is 0 Å². The minimum Gasteiger partial charge on any atom is -0.396 e. The Bertz CT molecular complexity index is 141. The lowest BCUT2D eigenvalue weighted by molar-refractivity contribution is 0.0330. The number of nitrogens with zero attached hydrogens (tertiary/aromatic N) is 1. The molecule has 0 aromatic carbocycles. The summed E-state index contributed by atoms with van der Waals surface area (Å²) in [5, 5.41) is 8.67. The Balaban J connectivity index is 2.18. The van der Waals surface area contributed by atoms with Crippen LogP contribution in [0, 0.1) is 11.8 Å². The van der Waals surface area contributed by atoms with E-state index in [0.717, 1.165) is 37.3 Å². The van der Waals surface area contributed by atoms with Crippen LogP contribution in [0.3, 0.4) is 0 Å². The van der Waals surface area contributed by atoms with Gasteiger partial charge in [0.15, 0.2) is 0 Å². The van der Waals surface area contributed by atoms with Gasteiger partial charge in [-0.05, 0) is 44.7 Å². The van der Waals surface area contributed by atoms with Crippen molar-refractivity contribution in [2.75, 3.05) is 20.2 Å². The van der Waals surface area contributed by atoms with Gasteiger partial charge in [0.1, 0.15) is 0 Å². The minimum absolute atomic E-state index is 0.337. The second-order valence-corrected chi connectivity index (χ2v) is 4.59. The highest BCUT2D eigenvalue weighted by atomic mass is 16.2. The monoisotopic (exact) mass is 185 g/mol. The summed E-state index contributed by atoms with van der Waals surface area (Å²) in [6.45, 7) is 6.16. The molecule has 0 aromatic heterocycles. The van der Waals surface area contributed by atoms with Crippen molar-refractivity contribution in [1.82, 2.24) is 4.90 Å². The third kappa shape index (κ3) is 2.68. The van der Waals surface area contributed by atoms with E-state index in [2.05, 4.69) is 25.8 Å². The van der Waals surface area contributed by atoms with Gasteiger partial charge in [-0.25, -0.2) is 0 Å². The molecule has 0 bridgehead atoms. The molecule has 1 N–H and O–H groups in total. The van der Waals surface area contributed by atoms with Crippen molar-refractivity contribution < 1.29 is 5.11 Å². The van der Waals surface area contributed by atoms with Crippen molar-refractivity contribution in [3.05, 3.63) is 0 Å². The van der Waals surface area contributed by atoms with Gasteiger partial charge < -0.3 is 10.0 Å². The van der Waals surface area contributed by atoms with Gasteiger partial charge in [0.2, 0.25) is 0 Å². The first-order chi connectivity index (χ1) is 6.16. The normalized spacial score (nSPS) is 33.5. The molecule has 0 aliphatic heterocycles. The Labute approximate surface area is 81.9 Å². The van der Waals surface area contributed by atoms with Gasteiger partial charge in [-0.1, -0.05) is 13.8 Å². The highest BCUT2D eigenvalue weighted by molar-refractivity contribution is 4.90. The van der Waals surface area contributed by atoms with Gasteiger partial charge in [0, 0.05) is 12.6 Å². The average Bonchev–Trinajstić information content (AvgIpc) is 2.04. The lowest BCUT2D eigenvalue weighted by Gasteiger charge is -2.46. The van der Waals surface area contributed by atoms with Crippen LogP contribution in [0.5, 0.6) is 0 Å². The summed E-state index contributed by atoms with van der Waals surface area (Å²) in [7, 11) is 2.22. The molecule has 1 saturated carbocycles. The predicted molar refractivity (Wildman–Crippen MR) is 55.7 cm³/mol. The Kier molecular flexibility index (Phi) is 4.20. The van der Waals surface area contributed by atoms with Crippen LogP contribution in [-0.2, 0) is 0 Å². The molecule has 1 rings (SSSR count). The maximum Gasteiger partial charge on any atom is 0.0431 e. The summed E-state index contributed by atoms with van der Waals surface area (Å²) in [5.41, 5.74) is 0. The van der Waals surface area contributed by atoms with Crippen LogP contribution in [0.25, 0.3) is 0 Å². The van der Waals surface area contributed by atoms with Crippen molar-refractivity contribution in [1.29, 1.82) is 0 Å². The Hall–Kier alpha value is -0.0800. The molecule has 0 radical (unpaired) electrons. The van der Waals surface area contributed by atoms with Crippen molar-refractivity contribution in [3.63, 3.8) is 0 Å². The third-order valence-corrected chi connectivity index (χ3v) is 3.34. The fourth-order valence-electron chi connectivity index (χ4n) is 2.72. The second kappa shape index (κ2) is 4.97. The van der Waals surface area contributed by atoms with Gasteiger partial charge >= 0.3 is 0 Å². The summed E-state index contributed by atoms with van der Waals surface area (Å²) >= 11 is 0. The molecular formula is C11H23NO. The largest absolute Gasteiger partial charge is 0.396 e. The average molecular weight is 185 g/mol. The number of hydrogen-bond acceptors (Lipinski definition) is 2. The van der Waals surface area contributed by atoms with Crippen LogP contribution in [0.1, 0.15) is 33.1 Å². The lowest BCUT2D eigenvalue weighted by atomic mass is 9.71. The van der Waals surface area contributed by atoms with Crippen LogP contribution in [-0.4, -0.2) is 36.2 Å². The number of aliphatic hydroxyl groups is 1. The predicted octanol–water partition coefficient (Wildman–Crippen LogP) is 1.74. The molecule has 0 aromatic rings. The van der Waals surface area contributed by atoms with Gasteiger partial charge in [-0.3, -0.25) is 0 Å². The first-order valence-electron chi connectivity index (χ1n) is 5.48. The van der Waals surface area contributed by atoms with Gasteiger partial charge in [0.25, 0.3) is 0 Å². The molecule has 0 spiro atoms. The van der Waals surface area contributed by atoms with E-state index in [1.165, 1.54) is 6.42 Å². The van der Waals surface area contributed by atoms with E-state index < -0.39 is 0 Å². The summed E-state index contributed by atoms with van der Waals surface area (Å²) in [5.74, 6) is 1.74. The molecule has 2 atom stereocenters. The summed E-state index contributed by atoms with van der Waals surface area (Å²) in [6.07, 6.45) is 3.46. The van der Waals surface area contributed by atoms with Gasteiger partial charge in [-0.15, -0.1) is 0 Å². The lowest BCUT2D eigenvalue weighted by Crippen LogP contribution is -2.50. The van der Waals surface area contributed by atoms with Crippen molar-refractivity contribution in [2.24, 2.45) is 11.8 Å². The van der Waals surface area contributed by atoms with Crippen LogP contribution in [0.2, 0.25) is 0 Å². The smallest absolute Gasteiger partial charge is 0.0431 e. The first-order valence-corrected chi connectivity index (χ1v) is 5.48. The van der Waals surface area contributed by atoms with Gasteiger partial charge in [0.05, 0.1) is 0 Å². The molecule has 78 valence electrons. The highest BCUT2D eigenvalue weighted by Crippen LogP contribution is 2.36. The molecule has 2 nitrogen and oxygen atoms in total.